The largest absolute Gasteiger partial charge is 0.508 e. The van der Waals surface area contributed by atoms with Crippen molar-refractivity contribution in [2.45, 2.75) is 51.4 Å². The summed E-state index contributed by atoms with van der Waals surface area (Å²) in [7, 11) is 0. The van der Waals surface area contributed by atoms with Gasteiger partial charge in [-0.1, -0.05) is 45.0 Å². The number of benzene rings is 2. The quantitative estimate of drug-likeness (QED) is 0.772. The lowest BCUT2D eigenvalue weighted by Crippen LogP contribution is -2.35. The number of phenolic OH excluding ortho intramolecular Hbond substituents is 2. The topological polar surface area (TPSA) is 40.5 Å². The summed E-state index contributed by atoms with van der Waals surface area (Å²) in [5.74, 6) is 2.47. The molecule has 1 saturated carbocycles. The number of hydrogen-bond donors (Lipinski definition) is 2. The Hall–Kier alpha value is -1.96. The van der Waals surface area contributed by atoms with E-state index in [4.69, 9.17) is 0 Å². The Kier molecular flexibility index (Phi) is 4.58. The molecule has 2 aromatic carbocycles. The molecule has 2 aromatic rings. The van der Waals surface area contributed by atoms with Crippen molar-refractivity contribution >= 4 is 0 Å². The first-order chi connectivity index (χ1) is 11.4. The van der Waals surface area contributed by atoms with Gasteiger partial charge in [-0.15, -0.1) is 0 Å². The Balaban J connectivity index is 1.93. The van der Waals surface area contributed by atoms with E-state index in [1.165, 1.54) is 24.0 Å². The monoisotopic (exact) mass is 324 g/mol. The van der Waals surface area contributed by atoms with Crippen LogP contribution in [0.25, 0.3) is 0 Å². The number of hydrogen-bond acceptors (Lipinski definition) is 2. The molecule has 3 atom stereocenters. The van der Waals surface area contributed by atoms with Gasteiger partial charge in [0.15, 0.2) is 0 Å². The Morgan fingerprint density at radius 3 is 2.00 bits per heavy atom. The van der Waals surface area contributed by atoms with E-state index in [2.05, 4.69) is 45.0 Å². The van der Waals surface area contributed by atoms with Gasteiger partial charge in [0.05, 0.1) is 0 Å². The van der Waals surface area contributed by atoms with Crippen molar-refractivity contribution in [3.05, 3.63) is 59.7 Å². The molecular formula is C22H28O2. The molecule has 2 nitrogen and oxygen atoms in total. The number of rotatable bonds is 3. The molecule has 0 heterocycles. The Labute approximate surface area is 145 Å². The van der Waals surface area contributed by atoms with E-state index >= 15 is 0 Å². The molecule has 1 aliphatic rings. The predicted octanol–water partition coefficient (Wildman–Crippen LogP) is 5.60. The van der Waals surface area contributed by atoms with Gasteiger partial charge in [0, 0.05) is 0 Å². The lowest BCUT2D eigenvalue weighted by molar-refractivity contribution is 0.171. The lowest BCUT2D eigenvalue weighted by Gasteiger charge is -2.45. The van der Waals surface area contributed by atoms with E-state index < -0.39 is 0 Å². The van der Waals surface area contributed by atoms with Gasteiger partial charge in [-0.05, 0) is 77.8 Å². The Morgan fingerprint density at radius 1 is 0.917 bits per heavy atom. The predicted molar refractivity (Wildman–Crippen MR) is 98.5 cm³/mol. The average Bonchev–Trinajstić information content (AvgIpc) is 2.55. The standard InChI is InChI=1S/C22H28O2/c1-15(2)20-12-13-22(3,17-6-10-19(24)11-7-17)14-21(20)16-4-8-18(23)9-5-16/h4-11,15,20-21,23-24H,12-14H2,1-3H3/t20-,21-,22+/m1/s1. The molecular weight excluding hydrogens is 296 g/mol. The van der Waals surface area contributed by atoms with Gasteiger partial charge in [0.2, 0.25) is 0 Å². The zero-order valence-electron chi connectivity index (χ0n) is 14.9. The Bertz CT molecular complexity index is 672. The molecule has 0 aliphatic heterocycles. The van der Waals surface area contributed by atoms with E-state index in [0.29, 0.717) is 29.3 Å². The van der Waals surface area contributed by atoms with E-state index in [0.717, 1.165) is 6.42 Å². The van der Waals surface area contributed by atoms with Crippen molar-refractivity contribution in [2.75, 3.05) is 0 Å². The summed E-state index contributed by atoms with van der Waals surface area (Å²) >= 11 is 0. The molecule has 0 spiro atoms. The highest BCUT2D eigenvalue weighted by atomic mass is 16.3. The first kappa shape index (κ1) is 16.9. The summed E-state index contributed by atoms with van der Waals surface area (Å²) in [6.07, 6.45) is 3.49. The summed E-state index contributed by atoms with van der Waals surface area (Å²) in [5, 5.41) is 19.2. The van der Waals surface area contributed by atoms with Crippen molar-refractivity contribution in [1.82, 2.24) is 0 Å². The minimum Gasteiger partial charge on any atom is -0.508 e. The molecule has 2 N–H and O–H groups in total. The maximum absolute atomic E-state index is 9.61. The summed E-state index contributed by atoms with van der Waals surface area (Å²) < 4.78 is 0. The fourth-order valence-electron chi connectivity index (χ4n) is 4.44. The van der Waals surface area contributed by atoms with Crippen LogP contribution in [-0.4, -0.2) is 10.2 Å². The van der Waals surface area contributed by atoms with Crippen molar-refractivity contribution in [2.24, 2.45) is 11.8 Å². The van der Waals surface area contributed by atoms with Crippen LogP contribution in [0.3, 0.4) is 0 Å². The van der Waals surface area contributed by atoms with Crippen molar-refractivity contribution in [1.29, 1.82) is 0 Å². The summed E-state index contributed by atoms with van der Waals surface area (Å²) in [4.78, 5) is 0. The first-order valence-electron chi connectivity index (χ1n) is 8.97. The van der Waals surface area contributed by atoms with Crippen LogP contribution in [0.4, 0.5) is 0 Å². The third-order valence-electron chi connectivity index (χ3n) is 5.96. The van der Waals surface area contributed by atoms with Crippen molar-refractivity contribution in [3.8, 4) is 11.5 Å². The molecule has 0 amide bonds. The second kappa shape index (κ2) is 6.51. The highest BCUT2D eigenvalue weighted by Gasteiger charge is 2.40. The zero-order valence-corrected chi connectivity index (χ0v) is 14.9. The summed E-state index contributed by atoms with van der Waals surface area (Å²) in [6, 6.07) is 15.5. The van der Waals surface area contributed by atoms with Crippen LogP contribution in [0.1, 0.15) is 57.1 Å². The van der Waals surface area contributed by atoms with Crippen LogP contribution in [0.15, 0.2) is 48.5 Å². The maximum atomic E-state index is 9.61. The third kappa shape index (κ3) is 3.28. The fraction of sp³-hybridized carbons (Fsp3) is 0.455. The highest BCUT2D eigenvalue weighted by molar-refractivity contribution is 5.35. The Morgan fingerprint density at radius 2 is 1.46 bits per heavy atom. The first-order valence-corrected chi connectivity index (χ1v) is 8.97. The highest BCUT2D eigenvalue weighted by Crippen LogP contribution is 2.50. The van der Waals surface area contributed by atoms with Crippen LogP contribution in [0.5, 0.6) is 11.5 Å². The summed E-state index contributed by atoms with van der Waals surface area (Å²) in [5.41, 5.74) is 2.77. The maximum Gasteiger partial charge on any atom is 0.115 e. The number of aromatic hydroxyl groups is 2. The molecule has 1 fully saturated rings. The van der Waals surface area contributed by atoms with Crippen LogP contribution in [0, 0.1) is 11.8 Å². The average molecular weight is 324 g/mol. The second-order valence-corrected chi connectivity index (χ2v) is 7.96. The molecule has 128 valence electrons. The zero-order chi connectivity index (χ0) is 17.3. The van der Waals surface area contributed by atoms with Gasteiger partial charge in [-0.3, -0.25) is 0 Å². The molecule has 0 unspecified atom stereocenters. The molecule has 0 saturated heterocycles. The van der Waals surface area contributed by atoms with Crippen molar-refractivity contribution < 1.29 is 10.2 Å². The molecule has 1 aliphatic carbocycles. The van der Waals surface area contributed by atoms with Crippen LogP contribution >= 0.6 is 0 Å². The number of phenols is 2. The molecule has 0 radical (unpaired) electrons. The second-order valence-electron chi connectivity index (χ2n) is 7.96. The van der Waals surface area contributed by atoms with E-state index in [9.17, 15) is 10.2 Å². The molecule has 0 bridgehead atoms. The third-order valence-corrected chi connectivity index (χ3v) is 5.96. The van der Waals surface area contributed by atoms with Gasteiger partial charge in [-0.25, -0.2) is 0 Å². The van der Waals surface area contributed by atoms with Gasteiger partial charge >= 0.3 is 0 Å². The van der Waals surface area contributed by atoms with Gasteiger partial charge in [-0.2, -0.15) is 0 Å². The van der Waals surface area contributed by atoms with Crippen LogP contribution in [-0.2, 0) is 5.41 Å². The molecule has 2 heteroatoms. The molecule has 24 heavy (non-hydrogen) atoms. The van der Waals surface area contributed by atoms with Crippen LogP contribution < -0.4 is 0 Å². The van der Waals surface area contributed by atoms with E-state index in [1.807, 2.05) is 0 Å². The van der Waals surface area contributed by atoms with Gasteiger partial charge in [0.25, 0.3) is 0 Å². The smallest absolute Gasteiger partial charge is 0.115 e. The lowest BCUT2D eigenvalue weighted by atomic mass is 9.59. The van der Waals surface area contributed by atoms with Crippen LogP contribution in [0.2, 0.25) is 0 Å². The van der Waals surface area contributed by atoms with Gasteiger partial charge in [0.1, 0.15) is 11.5 Å². The van der Waals surface area contributed by atoms with E-state index in [-0.39, 0.29) is 5.41 Å². The SMILES string of the molecule is CC(C)[C@H]1CC[C@](C)(c2ccc(O)cc2)C[C@@H]1c1ccc(O)cc1. The van der Waals surface area contributed by atoms with Gasteiger partial charge < -0.3 is 10.2 Å². The fourth-order valence-corrected chi connectivity index (χ4v) is 4.44. The minimum atomic E-state index is 0.127. The minimum absolute atomic E-state index is 0.127. The summed E-state index contributed by atoms with van der Waals surface area (Å²) in [6.45, 7) is 6.99. The molecule has 0 aromatic heterocycles. The normalized spacial score (nSPS) is 27.3. The molecule has 3 rings (SSSR count). The van der Waals surface area contributed by atoms with Crippen molar-refractivity contribution in [3.63, 3.8) is 0 Å². The van der Waals surface area contributed by atoms with E-state index in [1.54, 1.807) is 24.3 Å².